The lowest BCUT2D eigenvalue weighted by molar-refractivity contribution is 0.148. The highest BCUT2D eigenvalue weighted by atomic mass is 15.1. The summed E-state index contributed by atoms with van der Waals surface area (Å²) < 4.78 is 0. The van der Waals surface area contributed by atoms with Gasteiger partial charge in [-0.1, -0.05) is 78.9 Å². The van der Waals surface area contributed by atoms with E-state index in [9.17, 15) is 0 Å². The summed E-state index contributed by atoms with van der Waals surface area (Å²) in [5.74, 6) is 1.15. The van der Waals surface area contributed by atoms with Gasteiger partial charge in [-0.2, -0.15) is 0 Å². The van der Waals surface area contributed by atoms with Gasteiger partial charge in [0.05, 0.1) is 0 Å². The molecule has 0 aliphatic carbocycles. The molecule has 3 aromatic carbocycles. The fourth-order valence-corrected chi connectivity index (χ4v) is 5.35. The van der Waals surface area contributed by atoms with Gasteiger partial charge in [0.2, 0.25) is 0 Å². The highest BCUT2D eigenvalue weighted by Gasteiger charge is 2.30. The fourth-order valence-electron chi connectivity index (χ4n) is 5.35. The minimum Gasteiger partial charge on any atom is -0.310 e. The van der Waals surface area contributed by atoms with Crippen molar-refractivity contribution in [3.05, 3.63) is 114 Å². The van der Waals surface area contributed by atoms with Crippen LogP contribution < -0.4 is 5.32 Å². The number of nitrogens with zero attached hydrogens (tertiary/aromatic N) is 2. The van der Waals surface area contributed by atoms with Gasteiger partial charge >= 0.3 is 0 Å². The number of pyridine rings is 1. The van der Waals surface area contributed by atoms with Gasteiger partial charge in [-0.05, 0) is 65.9 Å². The van der Waals surface area contributed by atoms with Crippen molar-refractivity contribution < 1.29 is 0 Å². The molecule has 1 saturated heterocycles. The molecule has 1 aliphatic heterocycles. The summed E-state index contributed by atoms with van der Waals surface area (Å²) in [6.07, 6.45) is 5.05. The Morgan fingerprint density at radius 3 is 2.61 bits per heavy atom. The van der Waals surface area contributed by atoms with Crippen molar-refractivity contribution >= 4 is 10.8 Å². The molecule has 3 heteroatoms. The van der Waals surface area contributed by atoms with Crippen molar-refractivity contribution in [1.82, 2.24) is 15.2 Å². The molecule has 2 heterocycles. The van der Waals surface area contributed by atoms with Gasteiger partial charge in [0.25, 0.3) is 0 Å². The Hall–Kier alpha value is -3.01. The normalized spacial score (nSPS) is 20.0. The zero-order valence-corrected chi connectivity index (χ0v) is 19.4. The number of likely N-dealkylation sites (tertiary alicyclic amines) is 1. The van der Waals surface area contributed by atoms with E-state index in [1.165, 1.54) is 33.9 Å². The summed E-state index contributed by atoms with van der Waals surface area (Å²) in [7, 11) is 0. The van der Waals surface area contributed by atoms with Crippen LogP contribution in [-0.2, 0) is 6.54 Å². The zero-order valence-electron chi connectivity index (χ0n) is 19.4. The van der Waals surface area contributed by atoms with Crippen LogP contribution in [-0.4, -0.2) is 29.5 Å². The average Bonchev–Trinajstić information content (AvgIpc) is 2.88. The van der Waals surface area contributed by atoms with E-state index in [2.05, 4.69) is 101 Å². The van der Waals surface area contributed by atoms with Crippen LogP contribution in [0.5, 0.6) is 0 Å². The molecule has 3 nitrogen and oxygen atoms in total. The van der Waals surface area contributed by atoms with Crippen LogP contribution in [0.1, 0.15) is 42.0 Å². The van der Waals surface area contributed by atoms with Crippen LogP contribution in [0.3, 0.4) is 0 Å². The third-order valence-electron chi connectivity index (χ3n) is 7.17. The van der Waals surface area contributed by atoms with Crippen LogP contribution in [0.2, 0.25) is 0 Å². The minimum atomic E-state index is 0.320. The average molecular weight is 436 g/mol. The summed E-state index contributed by atoms with van der Waals surface area (Å²) >= 11 is 0. The number of rotatable bonds is 7. The van der Waals surface area contributed by atoms with E-state index in [4.69, 9.17) is 0 Å². The summed E-state index contributed by atoms with van der Waals surface area (Å²) in [5, 5.41) is 6.56. The largest absolute Gasteiger partial charge is 0.310 e. The highest BCUT2D eigenvalue weighted by Crippen LogP contribution is 2.33. The predicted octanol–water partition coefficient (Wildman–Crippen LogP) is 6.19. The van der Waals surface area contributed by atoms with E-state index in [0.717, 1.165) is 26.2 Å². The van der Waals surface area contributed by atoms with Crippen molar-refractivity contribution in [2.24, 2.45) is 5.92 Å². The molecule has 0 amide bonds. The Morgan fingerprint density at radius 2 is 1.76 bits per heavy atom. The second kappa shape index (κ2) is 10.3. The maximum Gasteiger partial charge on any atom is 0.0312 e. The molecule has 5 rings (SSSR count). The lowest BCUT2D eigenvalue weighted by atomic mass is 9.80. The van der Waals surface area contributed by atoms with E-state index in [1.54, 1.807) is 0 Å². The van der Waals surface area contributed by atoms with Crippen LogP contribution in [0, 0.1) is 5.92 Å². The maximum atomic E-state index is 4.30. The summed E-state index contributed by atoms with van der Waals surface area (Å²) in [6.45, 7) is 6.53. The number of hydrogen-bond acceptors (Lipinski definition) is 3. The highest BCUT2D eigenvalue weighted by molar-refractivity contribution is 5.86. The van der Waals surface area contributed by atoms with Crippen molar-refractivity contribution in [3.63, 3.8) is 0 Å². The first kappa shape index (κ1) is 21.8. The summed E-state index contributed by atoms with van der Waals surface area (Å²) in [6, 6.07) is 31.0. The third-order valence-corrected chi connectivity index (χ3v) is 7.17. The smallest absolute Gasteiger partial charge is 0.0312 e. The molecule has 1 aliphatic rings. The van der Waals surface area contributed by atoms with E-state index < -0.39 is 0 Å². The number of hydrogen-bond donors (Lipinski definition) is 1. The third kappa shape index (κ3) is 5.16. The number of benzene rings is 3. The van der Waals surface area contributed by atoms with E-state index in [0.29, 0.717) is 17.9 Å². The van der Waals surface area contributed by atoms with Gasteiger partial charge in [0.1, 0.15) is 0 Å². The van der Waals surface area contributed by atoms with Gasteiger partial charge in [0.15, 0.2) is 0 Å². The molecule has 2 unspecified atom stereocenters. The van der Waals surface area contributed by atoms with Crippen LogP contribution in [0.25, 0.3) is 10.8 Å². The van der Waals surface area contributed by atoms with E-state index in [-0.39, 0.29) is 0 Å². The first-order valence-electron chi connectivity index (χ1n) is 12.1. The van der Waals surface area contributed by atoms with Crippen molar-refractivity contribution in [1.29, 1.82) is 0 Å². The number of nitrogens with one attached hydrogen (secondary N) is 1. The SMILES string of the molecule is C[C@@H](NCC1CCN(Cc2cccnc2)CC1c1ccccc1)c1cccc2ccccc12. The Morgan fingerprint density at radius 1 is 0.939 bits per heavy atom. The first-order chi connectivity index (χ1) is 16.3. The number of aromatic nitrogens is 1. The molecular formula is C30H33N3. The lowest BCUT2D eigenvalue weighted by Crippen LogP contribution is -2.42. The summed E-state index contributed by atoms with van der Waals surface area (Å²) in [5.41, 5.74) is 4.14. The van der Waals surface area contributed by atoms with Gasteiger partial charge in [-0.15, -0.1) is 0 Å². The second-order valence-corrected chi connectivity index (χ2v) is 9.36. The van der Waals surface area contributed by atoms with Gasteiger partial charge in [-0.25, -0.2) is 0 Å². The van der Waals surface area contributed by atoms with E-state index in [1.807, 2.05) is 18.5 Å². The first-order valence-corrected chi connectivity index (χ1v) is 12.1. The quantitative estimate of drug-likeness (QED) is 0.375. The van der Waals surface area contributed by atoms with Crippen LogP contribution in [0.4, 0.5) is 0 Å². The Labute approximate surface area is 197 Å². The minimum absolute atomic E-state index is 0.320. The standard InChI is InChI=1S/C30H33N3/c1-23(28-15-7-13-25-12-5-6-14-29(25)28)32-20-27-16-18-33(21-24-9-8-17-31-19-24)22-30(27)26-10-3-2-4-11-26/h2-15,17,19,23,27,30,32H,16,18,20-22H2,1H3/t23-,27?,30?/m1/s1. The van der Waals surface area contributed by atoms with Gasteiger partial charge in [-0.3, -0.25) is 9.88 Å². The second-order valence-electron chi connectivity index (χ2n) is 9.36. The molecule has 1 N–H and O–H groups in total. The molecule has 168 valence electrons. The van der Waals surface area contributed by atoms with Crippen LogP contribution >= 0.6 is 0 Å². The predicted molar refractivity (Wildman–Crippen MR) is 137 cm³/mol. The molecule has 1 fully saturated rings. The molecule has 0 spiro atoms. The monoisotopic (exact) mass is 435 g/mol. The molecular weight excluding hydrogens is 402 g/mol. The molecule has 0 bridgehead atoms. The van der Waals surface area contributed by atoms with Gasteiger partial charge in [0, 0.05) is 37.4 Å². The number of fused-ring (bicyclic) bond motifs is 1. The Kier molecular flexibility index (Phi) is 6.80. The molecule has 0 saturated carbocycles. The topological polar surface area (TPSA) is 28.2 Å². The van der Waals surface area contributed by atoms with Crippen LogP contribution in [0.15, 0.2) is 97.3 Å². The Bertz CT molecular complexity index is 1150. The lowest BCUT2D eigenvalue weighted by Gasteiger charge is -2.39. The molecule has 0 radical (unpaired) electrons. The maximum absolute atomic E-state index is 4.30. The zero-order chi connectivity index (χ0) is 22.5. The molecule has 3 atom stereocenters. The molecule has 33 heavy (non-hydrogen) atoms. The van der Waals surface area contributed by atoms with Crippen molar-refractivity contribution in [3.8, 4) is 0 Å². The number of piperidine rings is 1. The van der Waals surface area contributed by atoms with Crippen molar-refractivity contribution in [2.45, 2.75) is 31.8 Å². The Balaban J connectivity index is 1.30. The molecule has 1 aromatic heterocycles. The molecule has 4 aromatic rings. The fraction of sp³-hybridized carbons (Fsp3) is 0.300. The van der Waals surface area contributed by atoms with Gasteiger partial charge < -0.3 is 5.32 Å². The van der Waals surface area contributed by atoms with E-state index >= 15 is 0 Å². The van der Waals surface area contributed by atoms with Crippen molar-refractivity contribution in [2.75, 3.05) is 19.6 Å². The summed E-state index contributed by atoms with van der Waals surface area (Å²) in [4.78, 5) is 6.90.